The van der Waals surface area contributed by atoms with Crippen molar-refractivity contribution in [3.05, 3.63) is 78.7 Å². The molecule has 0 N–H and O–H groups in total. The number of pyridine rings is 1. The summed E-state index contributed by atoms with van der Waals surface area (Å²) >= 11 is 0. The highest BCUT2D eigenvalue weighted by atomic mass is 32.2. The van der Waals surface area contributed by atoms with Gasteiger partial charge in [-0.3, -0.25) is 0 Å². The molecule has 4 heteroatoms. The summed E-state index contributed by atoms with van der Waals surface area (Å²) in [4.78, 5) is 4.76. The van der Waals surface area contributed by atoms with Crippen LogP contribution in [0.5, 0.6) is 0 Å². The minimum absolute atomic E-state index is 0.314. The van der Waals surface area contributed by atoms with Crippen molar-refractivity contribution >= 4 is 10.8 Å². The summed E-state index contributed by atoms with van der Waals surface area (Å²) in [6, 6.07) is 18.9. The molecule has 0 spiro atoms. The molecule has 0 radical (unpaired) electrons. The van der Waals surface area contributed by atoms with Crippen LogP contribution in [0.1, 0.15) is 0 Å². The Morgan fingerprint density at radius 2 is 1.71 bits per heavy atom. The van der Waals surface area contributed by atoms with E-state index in [9.17, 15) is 8.60 Å². The van der Waals surface area contributed by atoms with Crippen molar-refractivity contribution in [2.24, 2.45) is 0 Å². The molecular formula is C17H12FNOS. The van der Waals surface area contributed by atoms with Crippen LogP contribution in [-0.4, -0.2) is 9.19 Å². The van der Waals surface area contributed by atoms with Gasteiger partial charge in [0.15, 0.2) is 0 Å². The van der Waals surface area contributed by atoms with Crippen LogP contribution >= 0.6 is 0 Å². The first kappa shape index (κ1) is 13.6. The topological polar surface area (TPSA) is 30.0 Å². The maximum Gasteiger partial charge on any atom is 0.132 e. The lowest BCUT2D eigenvalue weighted by Gasteiger charge is -2.09. The molecule has 3 aromatic rings. The summed E-state index contributed by atoms with van der Waals surface area (Å²) < 4.78 is 26.1. The van der Waals surface area contributed by atoms with Crippen molar-refractivity contribution in [2.75, 3.05) is 0 Å². The Bertz CT molecular complexity index is 790. The molecule has 1 aromatic heterocycles. The quantitative estimate of drug-likeness (QED) is 0.730. The van der Waals surface area contributed by atoms with Crippen molar-refractivity contribution in [2.45, 2.75) is 9.92 Å². The van der Waals surface area contributed by atoms with E-state index in [0.717, 1.165) is 5.56 Å². The number of rotatable bonds is 3. The van der Waals surface area contributed by atoms with Gasteiger partial charge in [0.2, 0.25) is 0 Å². The molecule has 0 aliphatic carbocycles. The molecule has 0 aliphatic rings. The van der Waals surface area contributed by atoms with E-state index >= 15 is 0 Å². The Morgan fingerprint density at radius 1 is 0.905 bits per heavy atom. The zero-order chi connectivity index (χ0) is 14.7. The van der Waals surface area contributed by atoms with E-state index in [-0.39, 0.29) is 5.82 Å². The van der Waals surface area contributed by atoms with Crippen molar-refractivity contribution in [1.29, 1.82) is 0 Å². The standard InChI is InChI=1S/C17H12FNOS/c18-14-7-5-6-13(12-14)15-8-1-2-9-16(15)21(20)17-10-3-4-11-19-17/h1-12H. The molecule has 0 amide bonds. The molecule has 0 fully saturated rings. The zero-order valence-corrected chi connectivity index (χ0v) is 11.9. The maximum absolute atomic E-state index is 13.4. The number of hydrogen-bond acceptors (Lipinski definition) is 2. The van der Waals surface area contributed by atoms with Crippen LogP contribution in [0.25, 0.3) is 11.1 Å². The van der Waals surface area contributed by atoms with Gasteiger partial charge in [-0.25, -0.2) is 13.6 Å². The van der Waals surface area contributed by atoms with Crippen LogP contribution in [-0.2, 0) is 10.8 Å². The van der Waals surface area contributed by atoms with E-state index in [1.807, 2.05) is 18.2 Å². The molecule has 1 unspecified atom stereocenters. The van der Waals surface area contributed by atoms with Crippen LogP contribution in [0.3, 0.4) is 0 Å². The fraction of sp³-hybridized carbons (Fsp3) is 0. The average molecular weight is 297 g/mol. The minimum atomic E-state index is -1.40. The SMILES string of the molecule is O=S(c1ccccn1)c1ccccc1-c1cccc(F)c1. The summed E-state index contributed by atoms with van der Waals surface area (Å²) in [6.45, 7) is 0. The van der Waals surface area contributed by atoms with Gasteiger partial charge in [-0.2, -0.15) is 0 Å². The Balaban J connectivity index is 2.11. The third kappa shape index (κ3) is 2.90. The van der Waals surface area contributed by atoms with Crippen molar-refractivity contribution < 1.29 is 8.60 Å². The second kappa shape index (κ2) is 5.97. The fourth-order valence-corrected chi connectivity index (χ4v) is 3.26. The molecule has 2 nitrogen and oxygen atoms in total. The Hall–Kier alpha value is -2.33. The highest BCUT2D eigenvalue weighted by molar-refractivity contribution is 7.85. The highest BCUT2D eigenvalue weighted by Crippen LogP contribution is 2.28. The first-order valence-electron chi connectivity index (χ1n) is 6.43. The largest absolute Gasteiger partial charge is 0.247 e. The molecule has 3 rings (SSSR count). The third-order valence-electron chi connectivity index (χ3n) is 3.05. The molecule has 2 aromatic carbocycles. The van der Waals surface area contributed by atoms with Gasteiger partial charge < -0.3 is 0 Å². The van der Waals surface area contributed by atoms with E-state index in [1.165, 1.54) is 12.1 Å². The number of aromatic nitrogens is 1. The second-order valence-corrected chi connectivity index (χ2v) is 5.84. The van der Waals surface area contributed by atoms with Crippen molar-refractivity contribution in [3.8, 4) is 11.1 Å². The van der Waals surface area contributed by atoms with Crippen molar-refractivity contribution in [1.82, 2.24) is 4.98 Å². The highest BCUT2D eigenvalue weighted by Gasteiger charge is 2.14. The Morgan fingerprint density at radius 3 is 2.48 bits per heavy atom. The molecule has 1 heterocycles. The van der Waals surface area contributed by atoms with E-state index in [0.29, 0.717) is 15.5 Å². The van der Waals surface area contributed by atoms with Gasteiger partial charge in [-0.05, 0) is 41.5 Å². The number of hydrogen-bond donors (Lipinski definition) is 0. The first-order chi connectivity index (χ1) is 10.3. The molecular weight excluding hydrogens is 285 g/mol. The van der Waals surface area contributed by atoms with E-state index in [1.54, 1.807) is 42.6 Å². The molecule has 0 aliphatic heterocycles. The second-order valence-electron chi connectivity index (χ2n) is 4.44. The zero-order valence-electron chi connectivity index (χ0n) is 11.1. The minimum Gasteiger partial charge on any atom is -0.247 e. The van der Waals surface area contributed by atoms with Crippen LogP contribution in [0.15, 0.2) is 82.8 Å². The lowest BCUT2D eigenvalue weighted by Crippen LogP contribution is -1.98. The van der Waals surface area contributed by atoms with Gasteiger partial charge in [0.25, 0.3) is 0 Å². The Labute approximate surface area is 124 Å². The van der Waals surface area contributed by atoms with Gasteiger partial charge >= 0.3 is 0 Å². The summed E-state index contributed by atoms with van der Waals surface area (Å²) in [5.41, 5.74) is 1.45. The monoisotopic (exact) mass is 297 g/mol. The van der Waals surface area contributed by atoms with Gasteiger partial charge in [-0.15, -0.1) is 0 Å². The fourth-order valence-electron chi connectivity index (χ4n) is 2.09. The van der Waals surface area contributed by atoms with E-state index in [2.05, 4.69) is 4.98 Å². The third-order valence-corrected chi connectivity index (χ3v) is 4.43. The first-order valence-corrected chi connectivity index (χ1v) is 7.58. The van der Waals surface area contributed by atoms with Crippen LogP contribution in [0.4, 0.5) is 4.39 Å². The van der Waals surface area contributed by atoms with Gasteiger partial charge in [0.05, 0.1) is 4.90 Å². The van der Waals surface area contributed by atoms with Crippen LogP contribution in [0, 0.1) is 5.82 Å². The van der Waals surface area contributed by atoms with Crippen molar-refractivity contribution in [3.63, 3.8) is 0 Å². The normalized spacial score (nSPS) is 12.0. The molecule has 104 valence electrons. The summed E-state index contributed by atoms with van der Waals surface area (Å²) in [6.07, 6.45) is 1.61. The van der Waals surface area contributed by atoms with Gasteiger partial charge in [-0.1, -0.05) is 36.4 Å². The molecule has 1 atom stereocenters. The molecule has 0 bridgehead atoms. The van der Waals surface area contributed by atoms with Gasteiger partial charge in [0, 0.05) is 6.20 Å². The van der Waals surface area contributed by atoms with Crippen LogP contribution in [0.2, 0.25) is 0 Å². The molecule has 21 heavy (non-hydrogen) atoms. The number of nitrogens with zero attached hydrogens (tertiary/aromatic N) is 1. The number of halogens is 1. The summed E-state index contributed by atoms with van der Waals surface area (Å²) in [5.74, 6) is -0.314. The van der Waals surface area contributed by atoms with Crippen LogP contribution < -0.4 is 0 Å². The maximum atomic E-state index is 13.4. The van der Waals surface area contributed by atoms with Gasteiger partial charge in [0.1, 0.15) is 21.6 Å². The Kier molecular flexibility index (Phi) is 3.88. The van der Waals surface area contributed by atoms with E-state index < -0.39 is 10.8 Å². The smallest absolute Gasteiger partial charge is 0.132 e. The predicted octanol–water partition coefficient (Wildman–Crippen LogP) is 4.05. The molecule has 0 saturated heterocycles. The lowest BCUT2D eigenvalue weighted by atomic mass is 10.1. The lowest BCUT2D eigenvalue weighted by molar-refractivity contribution is 0.628. The summed E-state index contributed by atoms with van der Waals surface area (Å²) in [7, 11) is -1.40. The number of benzene rings is 2. The summed E-state index contributed by atoms with van der Waals surface area (Å²) in [5, 5.41) is 0.487. The molecule has 0 saturated carbocycles. The predicted molar refractivity (Wildman–Crippen MR) is 80.7 cm³/mol. The average Bonchev–Trinajstić information content (AvgIpc) is 2.55. The van der Waals surface area contributed by atoms with E-state index in [4.69, 9.17) is 0 Å².